The molecule has 0 amide bonds. The van der Waals surface area contributed by atoms with Gasteiger partial charge >= 0.3 is 12.4 Å². The van der Waals surface area contributed by atoms with Gasteiger partial charge in [-0.2, -0.15) is 26.3 Å². The number of hydrogen-bond acceptors (Lipinski definition) is 4. The maximum absolute atomic E-state index is 12.8. The van der Waals surface area contributed by atoms with Crippen LogP contribution in [0.3, 0.4) is 0 Å². The lowest BCUT2D eigenvalue weighted by atomic mass is 10.0. The average molecular weight is 339 g/mol. The highest BCUT2D eigenvalue weighted by molar-refractivity contribution is 6.29. The molecule has 1 aromatic rings. The minimum atomic E-state index is -4.88. The molecule has 1 aromatic carbocycles. The number of aliphatic imine (C=N–C) groups is 1. The maximum Gasteiger partial charge on any atom is 0.416 e. The Morgan fingerprint density at radius 3 is 2.13 bits per heavy atom. The Morgan fingerprint density at radius 2 is 1.65 bits per heavy atom. The third-order valence-corrected chi connectivity index (χ3v) is 3.16. The molecule has 10 heteroatoms. The Labute approximate surface area is 126 Å². The van der Waals surface area contributed by atoms with Gasteiger partial charge in [-0.1, -0.05) is 5.16 Å². The van der Waals surface area contributed by atoms with Crippen LogP contribution >= 0.6 is 0 Å². The SMILES string of the molecule is O/N=C\C1=NCCN1Cc1cc(C(F)(F)F)cc(C(F)(F)F)c1. The first-order valence-corrected chi connectivity index (χ1v) is 6.36. The van der Waals surface area contributed by atoms with Crippen LogP contribution in [0.25, 0.3) is 0 Å². The van der Waals surface area contributed by atoms with E-state index in [0.717, 1.165) is 6.21 Å². The molecule has 4 nitrogen and oxygen atoms in total. The van der Waals surface area contributed by atoms with E-state index in [2.05, 4.69) is 10.1 Å². The highest BCUT2D eigenvalue weighted by Crippen LogP contribution is 2.36. The van der Waals surface area contributed by atoms with Crippen LogP contribution < -0.4 is 0 Å². The van der Waals surface area contributed by atoms with Gasteiger partial charge in [0.1, 0.15) is 12.1 Å². The van der Waals surface area contributed by atoms with Crippen molar-refractivity contribution < 1.29 is 31.5 Å². The highest BCUT2D eigenvalue weighted by Gasteiger charge is 2.37. The van der Waals surface area contributed by atoms with Gasteiger partial charge in [0.05, 0.1) is 17.7 Å². The number of benzene rings is 1. The summed E-state index contributed by atoms with van der Waals surface area (Å²) >= 11 is 0. The summed E-state index contributed by atoms with van der Waals surface area (Å²) in [7, 11) is 0. The first kappa shape index (κ1) is 17.1. The van der Waals surface area contributed by atoms with E-state index in [9.17, 15) is 26.3 Å². The summed E-state index contributed by atoms with van der Waals surface area (Å²) in [5.41, 5.74) is -2.89. The second kappa shape index (κ2) is 6.09. The van der Waals surface area contributed by atoms with E-state index in [0.29, 0.717) is 25.2 Å². The van der Waals surface area contributed by atoms with Gasteiger partial charge < -0.3 is 10.1 Å². The standard InChI is InChI=1S/C13H11F6N3O/c14-12(15,16)9-3-8(4-10(5-9)13(17,18)19)7-22-2-1-20-11(22)6-21-23/h3-6,23H,1-2,7H2/b21-6-. The molecular weight excluding hydrogens is 328 g/mol. The molecule has 0 fully saturated rings. The molecule has 0 saturated heterocycles. The minimum Gasteiger partial charge on any atom is -0.411 e. The molecule has 1 heterocycles. The highest BCUT2D eigenvalue weighted by atomic mass is 19.4. The summed E-state index contributed by atoms with van der Waals surface area (Å²) in [6.07, 6.45) is -8.79. The molecule has 0 radical (unpaired) electrons. The van der Waals surface area contributed by atoms with E-state index < -0.39 is 23.5 Å². The van der Waals surface area contributed by atoms with Gasteiger partial charge in [0.15, 0.2) is 0 Å². The number of amidine groups is 1. The van der Waals surface area contributed by atoms with Gasteiger partial charge in [0, 0.05) is 13.1 Å². The summed E-state index contributed by atoms with van der Waals surface area (Å²) in [6.45, 7) is 0.406. The first-order chi connectivity index (χ1) is 10.6. The van der Waals surface area contributed by atoms with Crippen molar-refractivity contribution in [2.24, 2.45) is 10.1 Å². The molecule has 0 aliphatic carbocycles. The Morgan fingerprint density at radius 1 is 1.09 bits per heavy atom. The monoisotopic (exact) mass is 339 g/mol. The van der Waals surface area contributed by atoms with E-state index >= 15 is 0 Å². The summed E-state index contributed by atoms with van der Waals surface area (Å²) in [4.78, 5) is 5.36. The van der Waals surface area contributed by atoms with Crippen LogP contribution in [0.15, 0.2) is 28.3 Å². The molecule has 0 saturated carbocycles. The van der Waals surface area contributed by atoms with Crippen LogP contribution in [0.4, 0.5) is 26.3 Å². The van der Waals surface area contributed by atoms with Crippen molar-refractivity contribution in [3.8, 4) is 0 Å². The van der Waals surface area contributed by atoms with E-state index in [1.165, 1.54) is 4.90 Å². The molecule has 126 valence electrons. The zero-order chi connectivity index (χ0) is 17.3. The van der Waals surface area contributed by atoms with E-state index in [-0.39, 0.29) is 24.0 Å². The lowest BCUT2D eigenvalue weighted by molar-refractivity contribution is -0.143. The fraction of sp³-hybridized carbons (Fsp3) is 0.385. The maximum atomic E-state index is 12.8. The van der Waals surface area contributed by atoms with Gasteiger partial charge in [-0.3, -0.25) is 4.99 Å². The molecule has 0 unspecified atom stereocenters. The van der Waals surface area contributed by atoms with Crippen molar-refractivity contribution in [2.75, 3.05) is 13.1 Å². The zero-order valence-electron chi connectivity index (χ0n) is 11.5. The molecule has 1 N–H and O–H groups in total. The van der Waals surface area contributed by atoms with E-state index in [1.807, 2.05) is 0 Å². The first-order valence-electron chi connectivity index (χ1n) is 6.36. The number of nitrogens with zero attached hydrogens (tertiary/aromatic N) is 3. The largest absolute Gasteiger partial charge is 0.416 e. The van der Waals surface area contributed by atoms with Crippen molar-refractivity contribution in [2.45, 2.75) is 18.9 Å². The van der Waals surface area contributed by atoms with Gasteiger partial charge in [0.2, 0.25) is 0 Å². The molecule has 0 atom stereocenters. The molecule has 0 bridgehead atoms. The molecule has 23 heavy (non-hydrogen) atoms. The van der Waals surface area contributed by atoms with Crippen molar-refractivity contribution in [3.05, 3.63) is 34.9 Å². The smallest absolute Gasteiger partial charge is 0.411 e. The number of halogens is 6. The van der Waals surface area contributed by atoms with Crippen molar-refractivity contribution in [1.82, 2.24) is 4.90 Å². The van der Waals surface area contributed by atoms with Crippen LogP contribution in [-0.2, 0) is 18.9 Å². The predicted molar refractivity (Wildman–Crippen MR) is 69.4 cm³/mol. The zero-order valence-corrected chi connectivity index (χ0v) is 11.5. The van der Waals surface area contributed by atoms with Crippen LogP contribution in [0.5, 0.6) is 0 Å². The Kier molecular flexibility index (Phi) is 4.53. The lowest BCUT2D eigenvalue weighted by Gasteiger charge is -2.20. The number of alkyl halides is 6. The minimum absolute atomic E-state index is 0.0810. The van der Waals surface area contributed by atoms with Crippen LogP contribution in [0.1, 0.15) is 16.7 Å². The second-order valence-electron chi connectivity index (χ2n) is 4.82. The van der Waals surface area contributed by atoms with Crippen molar-refractivity contribution in [1.29, 1.82) is 0 Å². The normalized spacial score (nSPS) is 16.3. The number of rotatable bonds is 3. The van der Waals surface area contributed by atoms with E-state index in [1.54, 1.807) is 0 Å². The Hall–Kier alpha value is -2.26. The van der Waals surface area contributed by atoms with E-state index in [4.69, 9.17) is 5.21 Å². The summed E-state index contributed by atoms with van der Waals surface area (Å²) in [5, 5.41) is 11.2. The van der Waals surface area contributed by atoms with Crippen molar-refractivity contribution in [3.63, 3.8) is 0 Å². The quantitative estimate of drug-likeness (QED) is 0.397. The molecule has 0 spiro atoms. The second-order valence-corrected chi connectivity index (χ2v) is 4.82. The summed E-state index contributed by atoms with van der Waals surface area (Å²) in [5.74, 6) is 0.193. The number of oxime groups is 1. The molecule has 1 aliphatic heterocycles. The van der Waals surface area contributed by atoms with Crippen LogP contribution in [0, 0.1) is 0 Å². The average Bonchev–Trinajstić information content (AvgIpc) is 2.84. The fourth-order valence-corrected chi connectivity index (χ4v) is 2.16. The summed E-state index contributed by atoms with van der Waals surface area (Å²) < 4.78 is 76.7. The molecular formula is C13H11F6N3O. The summed E-state index contributed by atoms with van der Waals surface area (Å²) in [6, 6.07) is 1.42. The van der Waals surface area contributed by atoms with Gasteiger partial charge in [-0.25, -0.2) is 0 Å². The third-order valence-electron chi connectivity index (χ3n) is 3.16. The predicted octanol–water partition coefficient (Wildman–Crippen LogP) is 3.40. The lowest BCUT2D eigenvalue weighted by Crippen LogP contribution is -2.28. The third kappa shape index (κ3) is 4.14. The van der Waals surface area contributed by atoms with Crippen LogP contribution in [-0.4, -0.2) is 35.2 Å². The molecule has 1 aliphatic rings. The van der Waals surface area contributed by atoms with Crippen LogP contribution in [0.2, 0.25) is 0 Å². The fourth-order valence-electron chi connectivity index (χ4n) is 2.16. The number of hydrogen-bond donors (Lipinski definition) is 1. The van der Waals surface area contributed by atoms with Crippen molar-refractivity contribution >= 4 is 12.1 Å². The van der Waals surface area contributed by atoms with Gasteiger partial charge in [-0.05, 0) is 23.8 Å². The Balaban J connectivity index is 2.36. The topological polar surface area (TPSA) is 48.2 Å². The molecule has 0 aromatic heterocycles. The Bertz CT molecular complexity index is 603. The van der Waals surface area contributed by atoms with Gasteiger partial charge in [-0.15, -0.1) is 0 Å². The molecule has 2 rings (SSSR count). The van der Waals surface area contributed by atoms with Gasteiger partial charge in [0.25, 0.3) is 0 Å².